The van der Waals surface area contributed by atoms with E-state index in [1.165, 1.54) is 38.9 Å². The Balaban J connectivity index is 3.41. The van der Waals surface area contributed by atoms with Gasteiger partial charge in [0.1, 0.15) is 0 Å². The molecule has 90 valence electrons. The first-order chi connectivity index (χ1) is 7.77. The molecule has 0 radical (unpaired) electrons. The van der Waals surface area contributed by atoms with Gasteiger partial charge in [0.15, 0.2) is 0 Å². The van der Waals surface area contributed by atoms with Gasteiger partial charge in [-0.1, -0.05) is 50.5 Å². The molecular formula is C14H22O2. The molecule has 2 heteroatoms. The molecular weight excluding hydrogens is 200 g/mol. The van der Waals surface area contributed by atoms with Crippen molar-refractivity contribution in [1.29, 1.82) is 0 Å². The largest absolute Gasteiger partial charge is 0.435 e. The van der Waals surface area contributed by atoms with Gasteiger partial charge in [0.2, 0.25) is 0 Å². The standard InChI is InChI=1S/C14H22O2/c1-3-4-5-6-7-8-9-10-11-12-13-16-14(2)15/h8-13H,3-7H2,1-2H3/b9-8+,11-10+,13-12+. The van der Waals surface area contributed by atoms with Crippen molar-refractivity contribution < 1.29 is 9.53 Å². The first-order valence-corrected chi connectivity index (χ1v) is 5.93. The van der Waals surface area contributed by atoms with Gasteiger partial charge in [0.25, 0.3) is 0 Å². The fourth-order valence-electron chi connectivity index (χ4n) is 1.17. The number of esters is 1. The van der Waals surface area contributed by atoms with Gasteiger partial charge >= 0.3 is 5.97 Å². The van der Waals surface area contributed by atoms with E-state index in [9.17, 15) is 4.79 Å². The number of carbonyl (C=O) groups is 1. The van der Waals surface area contributed by atoms with Gasteiger partial charge in [-0.05, 0) is 18.9 Å². The molecule has 0 atom stereocenters. The van der Waals surface area contributed by atoms with Crippen molar-refractivity contribution in [2.75, 3.05) is 0 Å². The number of hydrogen-bond acceptors (Lipinski definition) is 2. The van der Waals surface area contributed by atoms with Crippen LogP contribution in [0.1, 0.15) is 46.0 Å². The lowest BCUT2D eigenvalue weighted by Crippen LogP contribution is -1.88. The van der Waals surface area contributed by atoms with Crippen molar-refractivity contribution in [3.63, 3.8) is 0 Å². The summed E-state index contributed by atoms with van der Waals surface area (Å²) in [5.41, 5.74) is 0. The van der Waals surface area contributed by atoms with Crippen LogP contribution in [0.25, 0.3) is 0 Å². The van der Waals surface area contributed by atoms with Gasteiger partial charge in [-0.25, -0.2) is 0 Å². The average molecular weight is 222 g/mol. The molecule has 0 fully saturated rings. The van der Waals surface area contributed by atoms with Crippen molar-refractivity contribution >= 4 is 5.97 Å². The lowest BCUT2D eigenvalue weighted by molar-refractivity contribution is -0.135. The smallest absolute Gasteiger partial charge is 0.307 e. The summed E-state index contributed by atoms with van der Waals surface area (Å²) >= 11 is 0. The van der Waals surface area contributed by atoms with Crippen LogP contribution in [0.4, 0.5) is 0 Å². The third-order valence-electron chi connectivity index (χ3n) is 2.01. The second kappa shape index (κ2) is 11.8. The van der Waals surface area contributed by atoms with Gasteiger partial charge < -0.3 is 4.74 Å². The molecule has 2 nitrogen and oxygen atoms in total. The fraction of sp³-hybridized carbons (Fsp3) is 0.500. The Labute approximate surface area is 98.7 Å². The summed E-state index contributed by atoms with van der Waals surface area (Å²) in [5, 5.41) is 0. The summed E-state index contributed by atoms with van der Waals surface area (Å²) in [4.78, 5) is 10.4. The third-order valence-corrected chi connectivity index (χ3v) is 2.01. The molecule has 0 aliphatic rings. The molecule has 0 N–H and O–H groups in total. The molecule has 0 aliphatic carbocycles. The zero-order valence-electron chi connectivity index (χ0n) is 10.3. The highest BCUT2D eigenvalue weighted by molar-refractivity contribution is 5.66. The minimum atomic E-state index is -0.295. The van der Waals surface area contributed by atoms with Gasteiger partial charge in [0.05, 0.1) is 6.26 Å². The van der Waals surface area contributed by atoms with Crippen molar-refractivity contribution in [2.45, 2.75) is 46.0 Å². The van der Waals surface area contributed by atoms with Crippen molar-refractivity contribution in [3.8, 4) is 0 Å². The second-order valence-electron chi connectivity index (χ2n) is 3.60. The van der Waals surface area contributed by atoms with E-state index in [0.29, 0.717) is 0 Å². The normalized spacial score (nSPS) is 11.9. The van der Waals surface area contributed by atoms with Gasteiger partial charge in [0, 0.05) is 6.92 Å². The van der Waals surface area contributed by atoms with Crippen molar-refractivity contribution in [2.24, 2.45) is 0 Å². The third kappa shape index (κ3) is 12.7. The molecule has 0 aliphatic heterocycles. The molecule has 0 aromatic carbocycles. The lowest BCUT2D eigenvalue weighted by atomic mass is 10.1. The minimum absolute atomic E-state index is 0.295. The number of rotatable bonds is 8. The summed E-state index contributed by atoms with van der Waals surface area (Å²) in [6.07, 6.45) is 17.4. The van der Waals surface area contributed by atoms with Crippen LogP contribution in [0.3, 0.4) is 0 Å². The molecule has 0 unspecified atom stereocenters. The number of unbranched alkanes of at least 4 members (excludes halogenated alkanes) is 4. The number of allylic oxidation sites excluding steroid dienone is 5. The number of carbonyl (C=O) groups excluding carboxylic acids is 1. The quantitative estimate of drug-likeness (QED) is 0.267. The molecule has 0 heterocycles. The maximum Gasteiger partial charge on any atom is 0.307 e. The molecule has 0 aromatic rings. The Kier molecular flexibility index (Phi) is 10.8. The summed E-state index contributed by atoms with van der Waals surface area (Å²) < 4.78 is 4.62. The van der Waals surface area contributed by atoms with E-state index in [-0.39, 0.29) is 5.97 Å². The van der Waals surface area contributed by atoms with Crippen LogP contribution in [0.5, 0.6) is 0 Å². The maximum atomic E-state index is 10.4. The minimum Gasteiger partial charge on any atom is -0.435 e. The van der Waals surface area contributed by atoms with Crippen LogP contribution in [-0.4, -0.2) is 5.97 Å². The predicted molar refractivity (Wildman–Crippen MR) is 67.9 cm³/mol. The Morgan fingerprint density at radius 1 is 1.06 bits per heavy atom. The van der Waals surface area contributed by atoms with Crippen LogP contribution in [0.15, 0.2) is 36.6 Å². The zero-order chi connectivity index (χ0) is 12.1. The predicted octanol–water partition coefficient (Wildman–Crippen LogP) is 4.15. The summed E-state index contributed by atoms with van der Waals surface area (Å²) in [6, 6.07) is 0. The van der Waals surface area contributed by atoms with Crippen LogP contribution >= 0.6 is 0 Å². The van der Waals surface area contributed by atoms with Gasteiger partial charge in [-0.3, -0.25) is 4.79 Å². The summed E-state index contributed by atoms with van der Waals surface area (Å²) in [7, 11) is 0. The van der Waals surface area contributed by atoms with Crippen molar-refractivity contribution in [3.05, 3.63) is 36.6 Å². The second-order valence-corrected chi connectivity index (χ2v) is 3.60. The molecule has 0 rings (SSSR count). The van der Waals surface area contributed by atoms with Gasteiger partial charge in [-0.15, -0.1) is 0 Å². The molecule has 0 spiro atoms. The SMILES string of the molecule is CCCCCC/C=C/C=C/C=C/OC(C)=O. The molecule has 16 heavy (non-hydrogen) atoms. The fourth-order valence-corrected chi connectivity index (χ4v) is 1.17. The van der Waals surface area contributed by atoms with Crippen LogP contribution in [0, 0.1) is 0 Å². The monoisotopic (exact) mass is 222 g/mol. The Hall–Kier alpha value is -1.31. The van der Waals surface area contributed by atoms with E-state index in [2.05, 4.69) is 17.7 Å². The van der Waals surface area contributed by atoms with E-state index in [1.807, 2.05) is 18.2 Å². The van der Waals surface area contributed by atoms with E-state index < -0.39 is 0 Å². The Morgan fingerprint density at radius 3 is 2.50 bits per heavy atom. The molecule has 0 bridgehead atoms. The first kappa shape index (κ1) is 14.7. The Morgan fingerprint density at radius 2 is 1.81 bits per heavy atom. The molecule has 0 amide bonds. The first-order valence-electron chi connectivity index (χ1n) is 5.93. The summed E-state index contributed by atoms with van der Waals surface area (Å²) in [6.45, 7) is 3.60. The maximum absolute atomic E-state index is 10.4. The zero-order valence-corrected chi connectivity index (χ0v) is 10.3. The van der Waals surface area contributed by atoms with E-state index in [1.54, 1.807) is 6.08 Å². The van der Waals surface area contributed by atoms with Crippen LogP contribution < -0.4 is 0 Å². The Bertz CT molecular complexity index is 249. The molecule has 0 aromatic heterocycles. The highest BCUT2D eigenvalue weighted by Gasteiger charge is 1.83. The van der Waals surface area contributed by atoms with Crippen LogP contribution in [0.2, 0.25) is 0 Å². The van der Waals surface area contributed by atoms with E-state index >= 15 is 0 Å². The average Bonchev–Trinajstić information content (AvgIpc) is 2.25. The summed E-state index contributed by atoms with van der Waals surface area (Å²) in [5.74, 6) is -0.295. The van der Waals surface area contributed by atoms with Crippen LogP contribution in [-0.2, 0) is 9.53 Å². The lowest BCUT2D eigenvalue weighted by Gasteiger charge is -1.92. The van der Waals surface area contributed by atoms with Gasteiger partial charge in [-0.2, -0.15) is 0 Å². The number of hydrogen-bond donors (Lipinski definition) is 0. The van der Waals surface area contributed by atoms with E-state index in [0.717, 1.165) is 6.42 Å². The molecule has 0 saturated heterocycles. The topological polar surface area (TPSA) is 26.3 Å². The van der Waals surface area contributed by atoms with E-state index in [4.69, 9.17) is 0 Å². The molecule has 0 saturated carbocycles. The highest BCUT2D eigenvalue weighted by Crippen LogP contribution is 2.02. The highest BCUT2D eigenvalue weighted by atomic mass is 16.5. The number of ether oxygens (including phenoxy) is 1. The van der Waals surface area contributed by atoms with Crippen molar-refractivity contribution in [1.82, 2.24) is 0 Å².